The molecule has 0 aliphatic carbocycles. The Morgan fingerprint density at radius 3 is 2.53 bits per heavy atom. The number of hydrogen-bond acceptors (Lipinski definition) is 13. The smallest absolute Gasteiger partial charge is 0.387 e. The molecule has 6 atom stereocenters. The molecule has 20 heteroatoms. The van der Waals surface area contributed by atoms with E-state index < -0.39 is 55.4 Å². The number of hydrogen-bond donors (Lipinski definition) is 7. The zero-order chi connectivity index (χ0) is 22.3. The van der Waals surface area contributed by atoms with Gasteiger partial charge in [0.15, 0.2) is 17.7 Å². The molecule has 0 amide bonds. The van der Waals surface area contributed by atoms with E-state index in [1.54, 1.807) is 0 Å². The fraction of sp³-hybridized carbons (Fsp3) is 0.500. The van der Waals surface area contributed by atoms with Gasteiger partial charge in [0.1, 0.15) is 30.2 Å². The number of phosphoric acid groups is 2. The summed E-state index contributed by atoms with van der Waals surface area (Å²) in [6.45, 7) is -0.814. The summed E-state index contributed by atoms with van der Waals surface area (Å²) in [6.07, 6.45) is -3.30. The van der Waals surface area contributed by atoms with Crippen LogP contribution in [0.3, 0.4) is 0 Å². The number of nitrogens with zero attached hydrogens (tertiary/aromatic N) is 4. The van der Waals surface area contributed by atoms with Crippen LogP contribution in [-0.4, -0.2) is 74.2 Å². The first-order valence-electron chi connectivity index (χ1n) is 7.74. The number of imidazole rings is 1. The quantitative estimate of drug-likeness (QED) is 0.207. The van der Waals surface area contributed by atoms with Crippen LogP contribution in [0, 0.1) is 0 Å². The van der Waals surface area contributed by atoms with Gasteiger partial charge in [-0.05, 0) is 0 Å². The zero-order valence-electron chi connectivity index (χ0n) is 14.5. The minimum absolute atomic E-state index is 0.0723. The van der Waals surface area contributed by atoms with Gasteiger partial charge in [-0.15, -0.1) is 0 Å². The van der Waals surface area contributed by atoms with Gasteiger partial charge in [0.25, 0.3) is 0 Å². The van der Waals surface area contributed by atoms with Crippen molar-refractivity contribution in [3.63, 3.8) is 0 Å². The van der Waals surface area contributed by atoms with Crippen molar-refractivity contribution in [2.24, 2.45) is 0 Å². The molecule has 1 aliphatic heterocycles. The summed E-state index contributed by atoms with van der Waals surface area (Å²) in [4.78, 5) is 47.4. The normalized spacial score (nSPS) is 27.9. The maximum atomic E-state index is 11.8. The lowest BCUT2D eigenvalue weighted by Crippen LogP contribution is -2.33. The van der Waals surface area contributed by atoms with Gasteiger partial charge in [0, 0.05) is 0 Å². The van der Waals surface area contributed by atoms with E-state index in [0.717, 1.165) is 6.33 Å². The lowest BCUT2D eigenvalue weighted by atomic mass is 10.1. The number of nitrogen functional groups attached to an aromatic ring is 1. The Labute approximate surface area is 167 Å². The second-order valence-corrected chi connectivity index (χ2v) is 9.74. The van der Waals surface area contributed by atoms with Crippen molar-refractivity contribution in [1.29, 1.82) is 0 Å². The van der Waals surface area contributed by atoms with E-state index in [0.29, 0.717) is 0 Å². The topological polar surface area (TPSA) is 262 Å². The predicted molar refractivity (Wildman–Crippen MR) is 94.8 cm³/mol. The van der Waals surface area contributed by atoms with E-state index in [4.69, 9.17) is 25.2 Å². The van der Waals surface area contributed by atoms with Crippen molar-refractivity contribution < 1.29 is 56.8 Å². The standard InChI is InChI=1S/C10H16N5O12P3/c11-8-5-9(13-2-12-8)15(3-14-5)10-7(17)6(16)4(25-10)1-24-30(22,23)27-28(18)26-29(19,20)21/h2-4,6-7,10,16-18H,1H2,(H,22,23)(H2,11,12,13)(H2,19,20,21). The molecule has 1 aliphatic rings. The largest absolute Gasteiger partial charge is 0.479 e. The van der Waals surface area contributed by atoms with E-state index in [9.17, 15) is 24.2 Å². The molecule has 0 radical (unpaired) electrons. The molecule has 1 saturated heterocycles. The van der Waals surface area contributed by atoms with Crippen molar-refractivity contribution >= 4 is 41.2 Å². The van der Waals surface area contributed by atoms with E-state index in [2.05, 4.69) is 28.1 Å². The fourth-order valence-corrected chi connectivity index (χ4v) is 4.88. The summed E-state index contributed by atoms with van der Waals surface area (Å²) in [7, 11) is -13.7. The first-order chi connectivity index (χ1) is 13.9. The number of anilines is 1. The summed E-state index contributed by atoms with van der Waals surface area (Å²) in [5, 5.41) is 20.4. The second-order valence-electron chi connectivity index (χ2n) is 5.79. The molecule has 0 bridgehead atoms. The summed E-state index contributed by atoms with van der Waals surface area (Å²) < 4.78 is 41.3. The Morgan fingerprint density at radius 1 is 1.17 bits per heavy atom. The van der Waals surface area contributed by atoms with Crippen molar-refractivity contribution in [1.82, 2.24) is 19.5 Å². The molecule has 1 fully saturated rings. The lowest BCUT2D eigenvalue weighted by molar-refractivity contribution is -0.0501. The molecule has 17 nitrogen and oxygen atoms in total. The molecule has 0 aromatic carbocycles. The minimum Gasteiger partial charge on any atom is -0.387 e. The SMILES string of the molecule is Nc1ncnc2c1ncn2C1OC(COP(=O)(O)OP(O)OP(=O)(O)O)C(O)C1O. The van der Waals surface area contributed by atoms with Gasteiger partial charge >= 0.3 is 24.2 Å². The van der Waals surface area contributed by atoms with Crippen LogP contribution in [0.2, 0.25) is 0 Å². The van der Waals surface area contributed by atoms with Crippen LogP contribution in [0.25, 0.3) is 11.2 Å². The van der Waals surface area contributed by atoms with Crippen LogP contribution < -0.4 is 5.73 Å². The highest BCUT2D eigenvalue weighted by Crippen LogP contribution is 2.61. The maximum Gasteiger partial charge on any atom is 0.479 e. The number of phosphoric ester groups is 1. The number of nitrogens with two attached hydrogens (primary N) is 1. The summed E-state index contributed by atoms with van der Waals surface area (Å²) in [6, 6.07) is 0. The van der Waals surface area contributed by atoms with Gasteiger partial charge in [0.2, 0.25) is 0 Å². The molecule has 2 aromatic rings. The van der Waals surface area contributed by atoms with Crippen molar-refractivity contribution in [3.05, 3.63) is 12.7 Å². The van der Waals surface area contributed by atoms with Crippen LogP contribution in [0.1, 0.15) is 6.23 Å². The van der Waals surface area contributed by atoms with Crippen LogP contribution in [0.15, 0.2) is 12.7 Å². The van der Waals surface area contributed by atoms with Gasteiger partial charge in [-0.3, -0.25) is 9.09 Å². The van der Waals surface area contributed by atoms with Crippen molar-refractivity contribution in [2.45, 2.75) is 24.5 Å². The molecule has 0 spiro atoms. The van der Waals surface area contributed by atoms with Gasteiger partial charge in [-0.25, -0.2) is 32.7 Å². The Morgan fingerprint density at radius 2 is 1.87 bits per heavy atom. The summed E-state index contributed by atoms with van der Waals surface area (Å²) in [5.74, 6) is 0.0723. The average Bonchev–Trinajstić information content (AvgIpc) is 3.14. The number of ether oxygens (including phenoxy) is 1. The van der Waals surface area contributed by atoms with Crippen LogP contribution in [-0.2, 0) is 27.0 Å². The second kappa shape index (κ2) is 8.76. The predicted octanol–water partition coefficient (Wildman–Crippen LogP) is -1.51. The van der Waals surface area contributed by atoms with Crippen LogP contribution in [0.5, 0.6) is 0 Å². The monoisotopic (exact) mass is 491 g/mol. The number of rotatable bonds is 8. The van der Waals surface area contributed by atoms with Crippen LogP contribution in [0.4, 0.5) is 5.82 Å². The Hall–Kier alpha value is -1.16. The molecular formula is C10H16N5O12P3. The summed E-state index contributed by atoms with van der Waals surface area (Å²) >= 11 is 0. The highest BCUT2D eigenvalue weighted by Gasteiger charge is 2.45. The van der Waals surface area contributed by atoms with E-state index in [1.807, 2.05) is 0 Å². The third-order valence-corrected chi connectivity index (χ3v) is 7.02. The molecule has 168 valence electrons. The molecule has 8 N–H and O–H groups in total. The van der Waals surface area contributed by atoms with Crippen molar-refractivity contribution in [3.8, 4) is 0 Å². The molecule has 3 rings (SSSR count). The number of fused-ring (bicyclic) bond motifs is 1. The molecule has 30 heavy (non-hydrogen) atoms. The van der Waals surface area contributed by atoms with E-state index in [-0.39, 0.29) is 17.0 Å². The Bertz CT molecular complexity index is 1000. The lowest BCUT2D eigenvalue weighted by Gasteiger charge is -2.18. The summed E-state index contributed by atoms with van der Waals surface area (Å²) in [5.41, 5.74) is 6.09. The zero-order valence-corrected chi connectivity index (χ0v) is 17.2. The van der Waals surface area contributed by atoms with E-state index in [1.165, 1.54) is 10.9 Å². The molecule has 0 saturated carbocycles. The minimum atomic E-state index is -5.19. The number of aliphatic hydroxyl groups excluding tert-OH is 2. The van der Waals surface area contributed by atoms with E-state index >= 15 is 0 Å². The molecule has 3 heterocycles. The van der Waals surface area contributed by atoms with Gasteiger partial charge in [0.05, 0.1) is 12.9 Å². The Balaban J connectivity index is 1.66. The number of aromatic nitrogens is 4. The van der Waals surface area contributed by atoms with Gasteiger partial charge < -0.3 is 40.3 Å². The van der Waals surface area contributed by atoms with Crippen molar-refractivity contribution in [2.75, 3.05) is 12.3 Å². The van der Waals surface area contributed by atoms with Gasteiger partial charge in [-0.2, -0.15) is 0 Å². The van der Waals surface area contributed by atoms with Crippen LogP contribution >= 0.6 is 24.2 Å². The molecule has 2 aromatic heterocycles. The third-order valence-electron chi connectivity index (χ3n) is 3.75. The Kier molecular flexibility index (Phi) is 6.86. The number of aliphatic hydroxyl groups is 2. The molecular weight excluding hydrogens is 475 g/mol. The first-order valence-corrected chi connectivity index (χ1v) is 11.9. The highest BCUT2D eigenvalue weighted by molar-refractivity contribution is 7.63. The highest BCUT2D eigenvalue weighted by atomic mass is 31.3. The van der Waals surface area contributed by atoms with Gasteiger partial charge in [-0.1, -0.05) is 0 Å². The first kappa shape index (κ1) is 23.5. The molecule has 6 unspecified atom stereocenters. The average molecular weight is 491 g/mol. The maximum absolute atomic E-state index is 11.8. The fourth-order valence-electron chi connectivity index (χ4n) is 2.54. The third kappa shape index (κ3) is 5.36.